The minimum absolute atomic E-state index is 0.00750. The van der Waals surface area contributed by atoms with E-state index in [2.05, 4.69) is 16.8 Å². The maximum atomic E-state index is 13.5. The van der Waals surface area contributed by atoms with Gasteiger partial charge in [0.05, 0.1) is 5.56 Å². The molecule has 0 fully saturated rings. The van der Waals surface area contributed by atoms with Crippen LogP contribution in [-0.4, -0.2) is 14.7 Å². The molecule has 0 spiro atoms. The summed E-state index contributed by atoms with van der Waals surface area (Å²) in [5.74, 6) is 3.43. The standard InChI is InChI=1S/C23H16F2N2O3/c1-27-22(29)16(12-15-10-11-17(24)18(25)13-15)21(28)20-23(27)30-19(26-20)9-5-8-14-6-3-2-4-7-14/h2-4,6-7,10-11,13,28H,8,12H2,1H3. The van der Waals surface area contributed by atoms with E-state index in [4.69, 9.17) is 4.42 Å². The summed E-state index contributed by atoms with van der Waals surface area (Å²) in [5, 5.41) is 10.6. The molecule has 4 rings (SSSR count). The monoisotopic (exact) mass is 406 g/mol. The number of hydrogen-bond donors (Lipinski definition) is 1. The van der Waals surface area contributed by atoms with Gasteiger partial charge in [-0.15, -0.1) is 0 Å². The summed E-state index contributed by atoms with van der Waals surface area (Å²) in [5.41, 5.74) is 1.02. The molecule has 0 aliphatic heterocycles. The molecule has 2 aromatic carbocycles. The van der Waals surface area contributed by atoms with Crippen LogP contribution in [0.25, 0.3) is 11.2 Å². The van der Waals surface area contributed by atoms with E-state index in [-0.39, 0.29) is 34.9 Å². The molecule has 0 bridgehead atoms. The Kier molecular flexibility index (Phi) is 5.07. The lowest BCUT2D eigenvalue weighted by atomic mass is 10.0. The number of fused-ring (bicyclic) bond motifs is 1. The molecule has 150 valence electrons. The van der Waals surface area contributed by atoms with Crippen molar-refractivity contribution in [1.82, 2.24) is 9.55 Å². The fourth-order valence-corrected chi connectivity index (χ4v) is 3.12. The van der Waals surface area contributed by atoms with Gasteiger partial charge in [-0.05, 0) is 29.2 Å². The lowest BCUT2D eigenvalue weighted by Gasteiger charge is -2.07. The van der Waals surface area contributed by atoms with Crippen molar-refractivity contribution < 1.29 is 18.3 Å². The molecule has 5 nitrogen and oxygen atoms in total. The summed E-state index contributed by atoms with van der Waals surface area (Å²) in [7, 11) is 1.48. The molecular weight excluding hydrogens is 390 g/mol. The van der Waals surface area contributed by atoms with E-state index < -0.39 is 17.2 Å². The first-order valence-electron chi connectivity index (χ1n) is 9.12. The molecule has 0 aliphatic carbocycles. The number of halogens is 2. The van der Waals surface area contributed by atoms with E-state index in [1.54, 1.807) is 0 Å². The molecule has 0 saturated heterocycles. The average Bonchev–Trinajstić information content (AvgIpc) is 3.17. The van der Waals surface area contributed by atoms with Crippen molar-refractivity contribution in [1.29, 1.82) is 0 Å². The van der Waals surface area contributed by atoms with Crippen LogP contribution in [0.4, 0.5) is 8.78 Å². The van der Waals surface area contributed by atoms with Gasteiger partial charge in [-0.1, -0.05) is 42.3 Å². The Labute approximate surface area is 170 Å². The number of aromatic nitrogens is 2. The molecule has 0 amide bonds. The van der Waals surface area contributed by atoms with Gasteiger partial charge in [0.2, 0.25) is 5.71 Å². The zero-order valence-electron chi connectivity index (χ0n) is 15.9. The highest BCUT2D eigenvalue weighted by molar-refractivity contribution is 5.78. The molecule has 0 atom stereocenters. The van der Waals surface area contributed by atoms with Crippen molar-refractivity contribution in [3.8, 4) is 17.6 Å². The van der Waals surface area contributed by atoms with Crippen molar-refractivity contribution in [2.45, 2.75) is 12.8 Å². The molecule has 7 heteroatoms. The maximum absolute atomic E-state index is 13.5. The zero-order valence-corrected chi connectivity index (χ0v) is 15.9. The summed E-state index contributed by atoms with van der Waals surface area (Å²) < 4.78 is 33.4. The fourth-order valence-electron chi connectivity index (χ4n) is 3.12. The van der Waals surface area contributed by atoms with Gasteiger partial charge in [0, 0.05) is 19.9 Å². The summed E-state index contributed by atoms with van der Waals surface area (Å²) >= 11 is 0. The first-order valence-corrected chi connectivity index (χ1v) is 9.12. The summed E-state index contributed by atoms with van der Waals surface area (Å²) in [6.07, 6.45) is 0.402. The average molecular weight is 406 g/mol. The van der Waals surface area contributed by atoms with Gasteiger partial charge in [-0.2, -0.15) is 4.98 Å². The number of aryl methyl sites for hydroxylation is 1. The zero-order chi connectivity index (χ0) is 21.3. The second kappa shape index (κ2) is 7.84. The molecule has 2 aromatic heterocycles. The molecule has 4 aromatic rings. The van der Waals surface area contributed by atoms with Crippen LogP contribution in [0.5, 0.6) is 5.75 Å². The Morgan fingerprint density at radius 3 is 2.60 bits per heavy atom. The van der Waals surface area contributed by atoms with Crippen LogP contribution in [0.15, 0.2) is 57.7 Å². The number of benzene rings is 2. The molecule has 0 unspecified atom stereocenters. The third-order valence-electron chi connectivity index (χ3n) is 4.68. The molecule has 0 saturated carbocycles. The quantitative estimate of drug-likeness (QED) is 0.527. The minimum atomic E-state index is -1.03. The smallest absolute Gasteiger partial charge is 0.275 e. The Hall–Kier alpha value is -3.92. The molecule has 2 heterocycles. The molecule has 1 N–H and O–H groups in total. The predicted octanol–water partition coefficient (Wildman–Crippen LogP) is 3.70. The topological polar surface area (TPSA) is 68.3 Å². The molecule has 30 heavy (non-hydrogen) atoms. The third-order valence-corrected chi connectivity index (χ3v) is 4.68. The summed E-state index contributed by atoms with van der Waals surface area (Å²) in [4.78, 5) is 16.9. The van der Waals surface area contributed by atoms with Gasteiger partial charge >= 0.3 is 0 Å². The normalized spacial score (nSPS) is 10.8. The third kappa shape index (κ3) is 3.67. The van der Waals surface area contributed by atoms with Gasteiger partial charge in [0.1, 0.15) is 0 Å². The van der Waals surface area contributed by atoms with Crippen LogP contribution < -0.4 is 5.56 Å². The predicted molar refractivity (Wildman–Crippen MR) is 107 cm³/mol. The Morgan fingerprint density at radius 2 is 1.87 bits per heavy atom. The Morgan fingerprint density at radius 1 is 1.10 bits per heavy atom. The van der Waals surface area contributed by atoms with Crippen LogP contribution in [0.2, 0.25) is 0 Å². The van der Waals surface area contributed by atoms with E-state index in [9.17, 15) is 18.7 Å². The highest BCUT2D eigenvalue weighted by Gasteiger charge is 2.20. The van der Waals surface area contributed by atoms with Gasteiger partial charge < -0.3 is 9.52 Å². The van der Waals surface area contributed by atoms with Crippen LogP contribution in [0.1, 0.15) is 22.6 Å². The summed E-state index contributed by atoms with van der Waals surface area (Å²) in [6.45, 7) is 0. The molecule has 0 radical (unpaired) electrons. The largest absolute Gasteiger partial charge is 0.505 e. The van der Waals surface area contributed by atoms with Gasteiger partial charge in [-0.3, -0.25) is 9.36 Å². The van der Waals surface area contributed by atoms with E-state index in [1.807, 2.05) is 30.3 Å². The van der Waals surface area contributed by atoms with Crippen LogP contribution in [0, 0.1) is 23.5 Å². The van der Waals surface area contributed by atoms with Gasteiger partial charge in [0.15, 0.2) is 22.9 Å². The van der Waals surface area contributed by atoms with Crippen molar-refractivity contribution in [2.24, 2.45) is 7.05 Å². The highest BCUT2D eigenvalue weighted by Crippen LogP contribution is 2.27. The number of hydrogen-bond acceptors (Lipinski definition) is 4. The van der Waals surface area contributed by atoms with E-state index >= 15 is 0 Å². The van der Waals surface area contributed by atoms with Crippen molar-refractivity contribution in [3.63, 3.8) is 0 Å². The van der Waals surface area contributed by atoms with Gasteiger partial charge in [-0.25, -0.2) is 8.78 Å². The SMILES string of the molecule is Cn1c(=O)c(Cc2ccc(F)c(F)c2)c(O)c2nc(C#CCc3ccccc3)oc21. The number of rotatable bonds is 3. The Balaban J connectivity index is 1.70. The number of oxazole rings is 1. The first kappa shape index (κ1) is 19.4. The van der Waals surface area contributed by atoms with E-state index in [1.165, 1.54) is 17.7 Å². The summed E-state index contributed by atoms with van der Waals surface area (Å²) in [6, 6.07) is 13.0. The number of nitrogens with zero attached hydrogens (tertiary/aromatic N) is 2. The fraction of sp³-hybridized carbons (Fsp3) is 0.130. The maximum Gasteiger partial charge on any atom is 0.275 e. The number of pyridine rings is 1. The van der Waals surface area contributed by atoms with Crippen LogP contribution in [-0.2, 0) is 19.9 Å². The van der Waals surface area contributed by atoms with Crippen LogP contribution >= 0.6 is 0 Å². The van der Waals surface area contributed by atoms with Crippen LogP contribution in [0.3, 0.4) is 0 Å². The number of aromatic hydroxyl groups is 1. The second-order valence-electron chi connectivity index (χ2n) is 6.75. The van der Waals surface area contributed by atoms with E-state index in [0.29, 0.717) is 12.0 Å². The van der Waals surface area contributed by atoms with Gasteiger partial charge in [0.25, 0.3) is 11.4 Å². The first-order chi connectivity index (χ1) is 14.4. The lowest BCUT2D eigenvalue weighted by molar-refractivity contribution is 0.470. The van der Waals surface area contributed by atoms with Crippen molar-refractivity contribution in [3.05, 3.63) is 93.1 Å². The van der Waals surface area contributed by atoms with E-state index in [0.717, 1.165) is 17.7 Å². The second-order valence-corrected chi connectivity index (χ2v) is 6.75. The van der Waals surface area contributed by atoms with Crippen molar-refractivity contribution >= 4 is 11.2 Å². The lowest BCUT2D eigenvalue weighted by Crippen LogP contribution is -2.21. The Bertz CT molecular complexity index is 1360. The minimum Gasteiger partial charge on any atom is -0.505 e. The molecule has 0 aliphatic rings. The highest BCUT2D eigenvalue weighted by atomic mass is 19.2. The van der Waals surface area contributed by atoms with Crippen molar-refractivity contribution in [2.75, 3.05) is 0 Å². The molecular formula is C23H16F2N2O3.